The van der Waals surface area contributed by atoms with Gasteiger partial charge in [-0.05, 0) is 51.1 Å². The van der Waals surface area contributed by atoms with Crippen LogP contribution in [-0.4, -0.2) is 82.4 Å². The molecule has 2 N–H and O–H groups in total. The monoisotopic (exact) mass is 522 g/mol. The molecule has 1 saturated carbocycles. The van der Waals surface area contributed by atoms with Gasteiger partial charge in [-0.25, -0.2) is 9.78 Å². The third kappa shape index (κ3) is 7.03. The van der Waals surface area contributed by atoms with E-state index in [0.717, 1.165) is 50.0 Å². The van der Waals surface area contributed by atoms with Crippen LogP contribution in [0.4, 0.5) is 0 Å². The number of hydrogen-bond donors (Lipinski definition) is 2. The van der Waals surface area contributed by atoms with Crippen molar-refractivity contribution in [2.24, 2.45) is 11.8 Å². The number of esters is 1. The number of piperidine rings is 1. The van der Waals surface area contributed by atoms with E-state index in [1.807, 2.05) is 20.9 Å². The van der Waals surface area contributed by atoms with E-state index >= 15 is 0 Å². The van der Waals surface area contributed by atoms with Crippen LogP contribution in [0.25, 0.3) is 0 Å². The first-order valence-corrected chi connectivity index (χ1v) is 13.5. The van der Waals surface area contributed by atoms with E-state index in [1.54, 1.807) is 11.9 Å². The van der Waals surface area contributed by atoms with Gasteiger partial charge in [0.25, 0.3) is 0 Å². The molecule has 2 unspecified atom stereocenters. The number of rotatable bonds is 11. The highest BCUT2D eigenvalue weighted by molar-refractivity contribution is 7.09. The Kier molecular flexibility index (Phi) is 9.46. The number of likely N-dealkylation sites (tertiary alicyclic amines) is 1. The summed E-state index contributed by atoms with van der Waals surface area (Å²) in [4.78, 5) is 57.8. The Hall–Kier alpha value is -2.53. The predicted octanol–water partition coefficient (Wildman–Crippen LogP) is 2.70. The molecule has 2 heterocycles. The number of thiazole rings is 1. The summed E-state index contributed by atoms with van der Waals surface area (Å²) in [5.74, 6) is -1.79. The lowest BCUT2D eigenvalue weighted by Crippen LogP contribution is -2.56. The van der Waals surface area contributed by atoms with Gasteiger partial charge in [0.05, 0.1) is 6.04 Å². The largest absolute Gasteiger partial charge is 0.476 e. The number of nitrogens with one attached hydrogen (secondary N) is 1. The average molecular weight is 523 g/mol. The predicted molar refractivity (Wildman–Crippen MR) is 135 cm³/mol. The Labute approximate surface area is 216 Å². The number of likely N-dealkylation sites (N-methyl/N-ethyl adjacent to an activating group) is 2. The molecule has 2 aliphatic rings. The molecule has 11 heteroatoms. The quantitative estimate of drug-likeness (QED) is 0.425. The zero-order chi connectivity index (χ0) is 26.6. The number of aromatic nitrogens is 1. The van der Waals surface area contributed by atoms with E-state index in [-0.39, 0.29) is 47.8 Å². The number of carbonyl (C=O) groups excluding carboxylic acids is 3. The SMILES string of the molecule is CC(=O)O[C@H](C[C@H](C(C)C)N(C)C(=O)C(NC(=O)C1CCCCN1C)C1CC1)c1nc(C(=O)O)cs1. The fraction of sp³-hybridized carbons (Fsp3) is 0.720. The normalized spacial score (nSPS) is 20.9. The van der Waals surface area contributed by atoms with E-state index in [0.29, 0.717) is 5.01 Å². The van der Waals surface area contributed by atoms with Crippen LogP contribution in [0.3, 0.4) is 0 Å². The zero-order valence-corrected chi connectivity index (χ0v) is 22.5. The lowest BCUT2D eigenvalue weighted by molar-refractivity contribution is -0.149. The molecule has 10 nitrogen and oxygen atoms in total. The number of ether oxygens (including phenoxy) is 1. The molecule has 0 spiro atoms. The highest BCUT2D eigenvalue weighted by Crippen LogP contribution is 2.35. The molecule has 1 aromatic heterocycles. The van der Waals surface area contributed by atoms with Crippen LogP contribution in [0, 0.1) is 11.8 Å². The second-order valence-corrected chi connectivity index (χ2v) is 11.2. The smallest absolute Gasteiger partial charge is 0.355 e. The number of carbonyl (C=O) groups is 4. The molecular weight excluding hydrogens is 484 g/mol. The third-order valence-corrected chi connectivity index (χ3v) is 8.06. The highest BCUT2D eigenvalue weighted by atomic mass is 32.1. The van der Waals surface area contributed by atoms with Crippen LogP contribution in [0.5, 0.6) is 0 Å². The molecule has 3 rings (SSSR count). The van der Waals surface area contributed by atoms with Crippen molar-refractivity contribution in [3.05, 3.63) is 16.1 Å². The Bertz CT molecular complexity index is 962. The summed E-state index contributed by atoms with van der Waals surface area (Å²) in [6.45, 7) is 6.11. The van der Waals surface area contributed by atoms with Crippen molar-refractivity contribution in [2.45, 2.75) is 83.5 Å². The number of nitrogens with zero attached hydrogens (tertiary/aromatic N) is 3. The minimum absolute atomic E-state index is 0.0101. The van der Waals surface area contributed by atoms with Crippen molar-refractivity contribution in [1.29, 1.82) is 0 Å². The molecule has 200 valence electrons. The van der Waals surface area contributed by atoms with Crippen LogP contribution in [0.1, 0.15) is 80.9 Å². The number of amides is 2. The maximum atomic E-state index is 13.7. The summed E-state index contributed by atoms with van der Waals surface area (Å²) in [5.41, 5.74) is -0.109. The van der Waals surface area contributed by atoms with Crippen LogP contribution in [0.15, 0.2) is 5.38 Å². The Balaban J connectivity index is 1.76. The van der Waals surface area contributed by atoms with E-state index < -0.39 is 24.1 Å². The van der Waals surface area contributed by atoms with Crippen molar-refractivity contribution in [1.82, 2.24) is 20.1 Å². The van der Waals surface area contributed by atoms with Gasteiger partial charge in [-0.3, -0.25) is 19.3 Å². The molecule has 1 aromatic rings. The number of carboxylic acids is 1. The van der Waals surface area contributed by atoms with Crippen molar-refractivity contribution in [3.8, 4) is 0 Å². The molecule has 1 saturated heterocycles. The molecule has 4 atom stereocenters. The standard InChI is InChI=1S/C25H38N4O6S/c1-14(2)19(12-20(35-15(3)30)23-26-17(13-36-23)25(33)34)29(5)24(32)21(16-9-10-16)27-22(31)18-8-6-7-11-28(18)4/h13-14,16,18-21H,6-12H2,1-5H3,(H,27,31)(H,33,34)/t18?,19-,20-,21?/m1/s1. The number of carboxylic acid groups (broad SMARTS) is 1. The molecule has 1 aliphatic heterocycles. The van der Waals surface area contributed by atoms with Crippen molar-refractivity contribution < 1.29 is 29.0 Å². The van der Waals surface area contributed by atoms with Gasteiger partial charge in [0.2, 0.25) is 11.8 Å². The Morgan fingerprint density at radius 1 is 1.25 bits per heavy atom. The van der Waals surface area contributed by atoms with Crippen molar-refractivity contribution in [2.75, 3.05) is 20.6 Å². The molecule has 0 bridgehead atoms. The van der Waals surface area contributed by atoms with Crippen LogP contribution < -0.4 is 5.32 Å². The van der Waals surface area contributed by atoms with Crippen molar-refractivity contribution >= 4 is 35.1 Å². The van der Waals surface area contributed by atoms with Crippen molar-refractivity contribution in [3.63, 3.8) is 0 Å². The van der Waals surface area contributed by atoms with E-state index in [4.69, 9.17) is 4.74 Å². The molecule has 1 aliphatic carbocycles. The first kappa shape index (κ1) is 28.0. The summed E-state index contributed by atoms with van der Waals surface area (Å²) in [5, 5.41) is 14.1. The van der Waals surface area contributed by atoms with Crippen LogP contribution >= 0.6 is 11.3 Å². The third-order valence-electron chi connectivity index (χ3n) is 7.13. The molecule has 0 radical (unpaired) electrons. The first-order valence-electron chi connectivity index (χ1n) is 12.6. The number of hydrogen-bond acceptors (Lipinski definition) is 8. The second-order valence-electron chi connectivity index (χ2n) is 10.3. The van der Waals surface area contributed by atoms with Gasteiger partial charge in [0.1, 0.15) is 11.0 Å². The maximum Gasteiger partial charge on any atom is 0.355 e. The van der Waals surface area contributed by atoms with Gasteiger partial charge in [-0.15, -0.1) is 11.3 Å². The molecule has 2 fully saturated rings. The maximum absolute atomic E-state index is 13.7. The van der Waals surface area contributed by atoms with Gasteiger partial charge in [-0.2, -0.15) is 0 Å². The lowest BCUT2D eigenvalue weighted by Gasteiger charge is -2.37. The summed E-state index contributed by atoms with van der Waals surface area (Å²) in [6.07, 6.45) is 4.12. The molecule has 0 aromatic carbocycles. The fourth-order valence-corrected chi connectivity index (χ4v) is 5.71. The lowest BCUT2D eigenvalue weighted by atomic mass is 9.95. The summed E-state index contributed by atoms with van der Waals surface area (Å²) >= 11 is 1.11. The first-order chi connectivity index (χ1) is 17.0. The molecule has 36 heavy (non-hydrogen) atoms. The minimum atomic E-state index is -1.15. The topological polar surface area (TPSA) is 129 Å². The van der Waals surface area contributed by atoms with E-state index in [2.05, 4.69) is 15.2 Å². The average Bonchev–Trinajstić information content (AvgIpc) is 3.53. The van der Waals surface area contributed by atoms with Gasteiger partial charge in [0, 0.05) is 31.8 Å². The summed E-state index contributed by atoms with van der Waals surface area (Å²) < 4.78 is 5.52. The van der Waals surface area contributed by atoms with Gasteiger partial charge in [-0.1, -0.05) is 20.3 Å². The highest BCUT2D eigenvalue weighted by Gasteiger charge is 2.42. The molecule has 2 amide bonds. The van der Waals surface area contributed by atoms with Crippen LogP contribution in [-0.2, 0) is 19.1 Å². The van der Waals surface area contributed by atoms with E-state index in [1.165, 1.54) is 12.3 Å². The van der Waals surface area contributed by atoms with Crippen LogP contribution in [0.2, 0.25) is 0 Å². The second kappa shape index (κ2) is 12.1. The number of aromatic carboxylic acids is 1. The van der Waals surface area contributed by atoms with Gasteiger partial charge in [0.15, 0.2) is 11.8 Å². The molecular formula is C25H38N4O6S. The van der Waals surface area contributed by atoms with Gasteiger partial charge < -0.3 is 20.1 Å². The minimum Gasteiger partial charge on any atom is -0.476 e. The summed E-state index contributed by atoms with van der Waals surface area (Å²) in [6, 6.07) is -1.14. The Morgan fingerprint density at radius 2 is 1.94 bits per heavy atom. The fourth-order valence-electron chi connectivity index (χ4n) is 4.88. The summed E-state index contributed by atoms with van der Waals surface area (Å²) in [7, 11) is 3.67. The Morgan fingerprint density at radius 3 is 2.47 bits per heavy atom. The van der Waals surface area contributed by atoms with Gasteiger partial charge >= 0.3 is 11.9 Å². The van der Waals surface area contributed by atoms with E-state index in [9.17, 15) is 24.3 Å². The zero-order valence-electron chi connectivity index (χ0n) is 21.7.